The van der Waals surface area contributed by atoms with E-state index in [1.165, 1.54) is 24.6 Å². The Hall–Kier alpha value is -13.7. The fourth-order valence-electron chi connectivity index (χ4n) is 15.5. The first-order valence-corrected chi connectivity index (χ1v) is 40.5. The summed E-state index contributed by atoms with van der Waals surface area (Å²) in [5.41, 5.74) is 40.6. The Labute approximate surface area is 699 Å². The van der Waals surface area contributed by atoms with E-state index in [9.17, 15) is 38.4 Å². The van der Waals surface area contributed by atoms with Crippen LogP contribution in [-0.2, 0) is 38.4 Å². The van der Waals surface area contributed by atoms with Crippen molar-refractivity contribution < 1.29 is 43.5 Å². The van der Waals surface area contributed by atoms with Crippen LogP contribution >= 0.6 is 0 Å². The number of aryl methyl sites for hydroxylation is 8. The number of nitrogen functional groups attached to an aromatic ring is 4. The SMILES string of the molecule is C[C@@H]1CC[C@@H](c2ccc3[nH]nc(N)c3c2)NC1.Cc1cc(NC(=O)C(=O)N2C[C@@H](C)CC[C@@H]2c2ccc3[nH]nc(N)c3c2)cnc1C.Cc1cc(NC(=O)C(=O)N2C[C@H](C)CC[C@H]2c2ccc3[nH]nc(N)c3c2)cnc1C.Cc1cc(NC(=O)C(=O)N2C[C@H](C)CC[C@H]2c2ccc3[nH]nc(N)c3c2)cnc1C.Cc1cc(NC(=O)C(=O)O)cnc1C. The van der Waals surface area contributed by atoms with Crippen LogP contribution in [0.25, 0.3) is 43.6 Å². The Kier molecular flexibility index (Phi) is 27.1. The summed E-state index contributed by atoms with van der Waals surface area (Å²) in [6.07, 6.45) is 13.9. The summed E-state index contributed by atoms with van der Waals surface area (Å²) < 4.78 is 0. The Morgan fingerprint density at radius 3 is 0.884 bits per heavy atom. The van der Waals surface area contributed by atoms with Gasteiger partial charge >= 0.3 is 47.3 Å². The predicted octanol–water partition coefficient (Wildman–Crippen LogP) is 12.2. The number of aliphatic carboxylic acids is 1. The third-order valence-corrected chi connectivity index (χ3v) is 23.1. The van der Waals surface area contributed by atoms with Crippen LogP contribution in [0.1, 0.15) is 171 Å². The number of carbonyl (C=O) groups is 8. The number of hydrogen-bond donors (Lipinski definition) is 14. The van der Waals surface area contributed by atoms with E-state index in [1.54, 1.807) is 39.4 Å². The van der Waals surface area contributed by atoms with E-state index in [4.69, 9.17) is 28.0 Å². The van der Waals surface area contributed by atoms with Gasteiger partial charge in [-0.2, -0.15) is 20.4 Å². The van der Waals surface area contributed by atoms with Gasteiger partial charge in [0.15, 0.2) is 23.3 Å². The summed E-state index contributed by atoms with van der Waals surface area (Å²) in [6, 6.07) is 30.9. The fourth-order valence-corrected chi connectivity index (χ4v) is 15.5. The Balaban J connectivity index is 0.000000142. The largest absolute Gasteiger partial charge is 0.474 e. The number of fused-ring (bicyclic) bond motifs is 4. The second kappa shape index (κ2) is 37.9. The van der Waals surface area contributed by atoms with Gasteiger partial charge in [0.25, 0.3) is 0 Å². The number of carboxylic acids is 1. The minimum Gasteiger partial charge on any atom is -0.474 e. The van der Waals surface area contributed by atoms with Crippen molar-refractivity contribution in [3.05, 3.63) is 189 Å². The van der Waals surface area contributed by atoms with Gasteiger partial charge in [-0.25, -0.2) is 4.79 Å². The lowest BCUT2D eigenvalue weighted by Gasteiger charge is -2.38. The van der Waals surface area contributed by atoms with Gasteiger partial charge in [-0.1, -0.05) is 52.0 Å². The van der Waals surface area contributed by atoms with E-state index in [1.807, 2.05) is 128 Å². The van der Waals surface area contributed by atoms with Crippen molar-refractivity contribution in [3.63, 3.8) is 0 Å². The summed E-state index contributed by atoms with van der Waals surface area (Å²) in [5.74, 6) is -2.51. The number of rotatable bonds is 8. The number of anilines is 8. The molecule has 8 aromatic heterocycles. The van der Waals surface area contributed by atoms with Gasteiger partial charge in [-0.3, -0.25) is 73.9 Å². The van der Waals surface area contributed by atoms with Gasteiger partial charge in [0.05, 0.1) is 87.7 Å². The molecule has 632 valence electrons. The first kappa shape index (κ1) is 86.6. The molecule has 16 rings (SSSR count). The highest BCUT2D eigenvalue weighted by Gasteiger charge is 2.38. The Morgan fingerprint density at radius 1 is 0.355 bits per heavy atom. The van der Waals surface area contributed by atoms with Crippen LogP contribution in [0, 0.1) is 79.1 Å². The molecule has 12 heterocycles. The molecule has 7 amide bonds. The highest BCUT2D eigenvalue weighted by molar-refractivity contribution is 6.41. The highest BCUT2D eigenvalue weighted by atomic mass is 16.4. The van der Waals surface area contributed by atoms with Crippen LogP contribution in [0.2, 0.25) is 0 Å². The van der Waals surface area contributed by atoms with Gasteiger partial charge < -0.3 is 69.3 Å². The number of piperidine rings is 4. The quantitative estimate of drug-likeness (QED) is 0.0628. The molecule has 4 aromatic carbocycles. The fraction of sp³-hybridized carbons (Fsp3) is 0.364. The third-order valence-electron chi connectivity index (χ3n) is 23.1. The zero-order chi connectivity index (χ0) is 86.8. The number of nitrogens with zero attached hydrogens (tertiary/aromatic N) is 11. The normalized spacial score (nSPS) is 18.9. The number of nitrogens with two attached hydrogens (primary N) is 4. The van der Waals surface area contributed by atoms with Gasteiger partial charge in [0.2, 0.25) is 0 Å². The number of H-pyrrole nitrogens is 4. The van der Waals surface area contributed by atoms with Crippen molar-refractivity contribution in [1.82, 2.24) is 80.7 Å². The van der Waals surface area contributed by atoms with E-state index < -0.39 is 47.3 Å². The van der Waals surface area contributed by atoms with E-state index >= 15 is 0 Å². The van der Waals surface area contributed by atoms with Crippen LogP contribution in [0.15, 0.2) is 122 Å². The number of likely N-dealkylation sites (tertiary alicyclic amines) is 3. The molecule has 121 heavy (non-hydrogen) atoms. The van der Waals surface area contributed by atoms with Crippen LogP contribution in [0.3, 0.4) is 0 Å². The number of benzene rings is 4. The zero-order valence-corrected chi connectivity index (χ0v) is 70.1. The second-order valence-electron chi connectivity index (χ2n) is 32.4. The molecular formula is C88H106N24O9. The minimum absolute atomic E-state index is 0.184. The number of aromatic nitrogens is 12. The standard InChI is InChI=1S/3C22H26N6O2.C13H18N4.C9H10N2O3/c3*1-12-4-7-19(15-5-6-18-17(9-15)20(23)27-26-18)28(11-12)22(30)21(29)25-16-8-13(2)14(3)24-10-16;1-8-2-4-11(15-7-8)9-3-5-12-10(6-9)13(14)17-16-12;1-5-3-7(4-10-6(5)2)11-8(12)9(13)14/h3*5-6,8-10,12,19H,4,7,11H2,1-3H3,(H,25,29)(H3,23,26,27);3,5-6,8,11,15H,2,4,7H2,1H3,(H3,14,16,17);3-4H,1-2H3,(H,11,12)(H,13,14)/t3*12-,19+;8-,11+;/m1101./s1. The monoisotopic (exact) mass is 1640 g/mol. The lowest BCUT2D eigenvalue weighted by atomic mass is 9.89. The molecule has 0 radical (unpaired) electrons. The van der Waals surface area contributed by atoms with Crippen LogP contribution in [0.4, 0.5) is 46.0 Å². The molecule has 33 nitrogen and oxygen atoms in total. The number of aromatic amines is 4. The number of pyridine rings is 4. The number of hydrogen-bond acceptors (Lipinski definition) is 21. The van der Waals surface area contributed by atoms with E-state index in [-0.39, 0.29) is 18.1 Å². The topological polar surface area (TPSA) is 497 Å². The smallest absolute Gasteiger partial charge is 0.394 e. The molecule has 0 aliphatic carbocycles. The van der Waals surface area contributed by atoms with E-state index in [2.05, 4.69) is 133 Å². The number of carboxylic acid groups (broad SMARTS) is 1. The Bertz CT molecular complexity index is 5440. The van der Waals surface area contributed by atoms with E-state index in [0.717, 1.165) is 156 Å². The molecule has 4 saturated heterocycles. The molecule has 0 bridgehead atoms. The first-order chi connectivity index (χ1) is 57.7. The van der Waals surface area contributed by atoms with Gasteiger partial charge in [0.1, 0.15) is 0 Å². The van der Waals surface area contributed by atoms with Crippen LogP contribution in [-0.4, -0.2) is 154 Å². The minimum atomic E-state index is -1.51. The summed E-state index contributed by atoms with van der Waals surface area (Å²) >= 11 is 0. The third kappa shape index (κ3) is 20.9. The number of nitrogens with one attached hydrogen (secondary N) is 9. The summed E-state index contributed by atoms with van der Waals surface area (Å²) in [6.45, 7) is 26.4. The number of amides is 7. The summed E-state index contributed by atoms with van der Waals surface area (Å²) in [4.78, 5) is 120. The first-order valence-electron chi connectivity index (χ1n) is 40.5. The number of carbonyl (C=O) groups excluding carboxylic acids is 7. The second-order valence-corrected chi connectivity index (χ2v) is 32.4. The van der Waals surface area contributed by atoms with Crippen molar-refractivity contribution in [3.8, 4) is 0 Å². The molecule has 18 N–H and O–H groups in total. The maximum atomic E-state index is 13.1. The Morgan fingerprint density at radius 2 is 0.620 bits per heavy atom. The molecule has 12 aromatic rings. The molecule has 33 heteroatoms. The van der Waals surface area contributed by atoms with Gasteiger partial charge in [-0.05, 0) is 254 Å². The van der Waals surface area contributed by atoms with Crippen LogP contribution in [0.5, 0.6) is 0 Å². The molecule has 0 unspecified atom stereocenters. The van der Waals surface area contributed by atoms with Crippen LogP contribution < -0.4 is 49.5 Å². The lowest BCUT2D eigenvalue weighted by Crippen LogP contribution is -2.46. The molecule has 4 aliphatic rings. The maximum absolute atomic E-state index is 13.1. The molecular weight excluding hydrogens is 1540 g/mol. The van der Waals surface area contributed by atoms with E-state index in [0.29, 0.717) is 89.5 Å². The van der Waals surface area contributed by atoms with Crippen molar-refractivity contribution in [2.75, 3.05) is 70.4 Å². The predicted molar refractivity (Wildman–Crippen MR) is 467 cm³/mol. The lowest BCUT2D eigenvalue weighted by molar-refractivity contribution is -0.147. The van der Waals surface area contributed by atoms with Crippen molar-refractivity contribution in [1.29, 1.82) is 0 Å². The summed E-state index contributed by atoms with van der Waals surface area (Å²) in [7, 11) is 0. The van der Waals surface area contributed by atoms with Crippen molar-refractivity contribution >= 4 is 137 Å². The summed E-state index contributed by atoms with van der Waals surface area (Å²) in [5, 5.41) is 53.5. The zero-order valence-electron chi connectivity index (χ0n) is 70.1. The van der Waals surface area contributed by atoms with Gasteiger partial charge in [-0.15, -0.1) is 0 Å². The molecule has 4 fully saturated rings. The molecule has 8 atom stereocenters. The van der Waals surface area contributed by atoms with Crippen molar-refractivity contribution in [2.24, 2.45) is 23.7 Å². The molecule has 4 aliphatic heterocycles. The maximum Gasteiger partial charge on any atom is 0.394 e. The average Bonchev–Trinajstić information content (AvgIpc) is 1.77. The molecule has 0 spiro atoms. The van der Waals surface area contributed by atoms with Crippen molar-refractivity contribution in [2.45, 2.75) is 159 Å². The average molecular weight is 1640 g/mol. The molecule has 0 saturated carbocycles. The highest BCUT2D eigenvalue weighted by Crippen LogP contribution is 2.40. The van der Waals surface area contributed by atoms with Gasteiger partial charge in [0, 0.05) is 70.0 Å².